The van der Waals surface area contributed by atoms with E-state index < -0.39 is 24.9 Å². The number of hydrogen-bond donors (Lipinski definition) is 1. The van der Waals surface area contributed by atoms with Gasteiger partial charge in [-0.15, -0.1) is 0 Å². The number of esters is 1. The summed E-state index contributed by atoms with van der Waals surface area (Å²) in [5.74, 6) is -0.552. The second kappa shape index (κ2) is 5.61. The van der Waals surface area contributed by atoms with Gasteiger partial charge in [0.2, 0.25) is 0 Å². The Morgan fingerprint density at radius 3 is 2.56 bits per heavy atom. The molecule has 0 amide bonds. The lowest BCUT2D eigenvalue weighted by Gasteiger charge is -2.22. The van der Waals surface area contributed by atoms with Gasteiger partial charge < -0.3 is 9.84 Å². The number of aliphatic hydroxyl groups excluding tert-OH is 1. The maximum absolute atomic E-state index is 14.0. The highest BCUT2D eigenvalue weighted by atomic mass is 19.1. The molecule has 0 heterocycles. The molecule has 0 aliphatic carbocycles. The van der Waals surface area contributed by atoms with E-state index in [1.54, 1.807) is 24.3 Å². The van der Waals surface area contributed by atoms with Crippen LogP contribution in [-0.2, 0) is 16.0 Å². The molecule has 88 valence electrons. The zero-order chi connectivity index (χ0) is 12.0. The van der Waals surface area contributed by atoms with Crippen LogP contribution in [0, 0.1) is 0 Å². The summed E-state index contributed by atoms with van der Waals surface area (Å²) in [6.45, 7) is 0.114. The molecule has 0 aliphatic heterocycles. The third-order valence-electron chi connectivity index (χ3n) is 2.18. The van der Waals surface area contributed by atoms with Crippen molar-refractivity contribution in [1.29, 1.82) is 0 Å². The van der Waals surface area contributed by atoms with Crippen molar-refractivity contribution in [3.05, 3.63) is 35.9 Å². The van der Waals surface area contributed by atoms with Gasteiger partial charge in [-0.2, -0.15) is 0 Å². The quantitative estimate of drug-likeness (QED) is 0.774. The Bertz CT molecular complexity index is 339. The van der Waals surface area contributed by atoms with Gasteiger partial charge in [0.15, 0.2) is 5.67 Å². The van der Waals surface area contributed by atoms with E-state index in [-0.39, 0.29) is 6.42 Å². The van der Waals surface area contributed by atoms with E-state index in [1.807, 2.05) is 6.07 Å². The van der Waals surface area contributed by atoms with Gasteiger partial charge in [-0.3, -0.25) is 4.79 Å². The average molecular weight is 226 g/mol. The first-order valence-electron chi connectivity index (χ1n) is 5.03. The maximum atomic E-state index is 14.0. The van der Waals surface area contributed by atoms with Crippen LogP contribution in [0.25, 0.3) is 0 Å². The number of ether oxygens (including phenoxy) is 1. The van der Waals surface area contributed by atoms with Crippen molar-refractivity contribution < 1.29 is 19.0 Å². The van der Waals surface area contributed by atoms with Crippen LogP contribution in [0.2, 0.25) is 0 Å². The van der Waals surface area contributed by atoms with Gasteiger partial charge >= 0.3 is 5.97 Å². The molecular weight excluding hydrogens is 211 g/mol. The van der Waals surface area contributed by atoms with Gasteiger partial charge in [0.05, 0.1) is 6.61 Å². The molecule has 0 saturated heterocycles. The van der Waals surface area contributed by atoms with Crippen LogP contribution in [0.15, 0.2) is 30.3 Å². The molecule has 3 nitrogen and oxygen atoms in total. The molecule has 0 bridgehead atoms. The van der Waals surface area contributed by atoms with E-state index in [2.05, 4.69) is 4.74 Å². The van der Waals surface area contributed by atoms with Crippen molar-refractivity contribution in [2.24, 2.45) is 0 Å². The number of alkyl halides is 1. The molecule has 0 fully saturated rings. The van der Waals surface area contributed by atoms with Crippen molar-refractivity contribution in [3.63, 3.8) is 0 Å². The van der Waals surface area contributed by atoms with E-state index >= 15 is 0 Å². The molecule has 1 N–H and O–H groups in total. The molecule has 1 rings (SSSR count). The molecular formula is C12H15FO3. The third-order valence-corrected chi connectivity index (χ3v) is 2.18. The van der Waals surface area contributed by atoms with E-state index in [4.69, 9.17) is 5.11 Å². The summed E-state index contributed by atoms with van der Waals surface area (Å²) < 4.78 is 18.6. The molecule has 0 aliphatic rings. The van der Waals surface area contributed by atoms with Gasteiger partial charge in [-0.1, -0.05) is 30.3 Å². The predicted octanol–water partition coefficient (Wildman–Crippen LogP) is 1.49. The second-order valence-corrected chi connectivity index (χ2v) is 3.75. The van der Waals surface area contributed by atoms with Gasteiger partial charge in [0, 0.05) is 13.3 Å². The molecule has 16 heavy (non-hydrogen) atoms. The SMILES string of the molecule is CC(=O)OC[C@@](F)(CO)Cc1ccccc1. The topological polar surface area (TPSA) is 46.5 Å². The summed E-state index contributed by atoms with van der Waals surface area (Å²) in [5.41, 5.74) is -1.15. The number of aliphatic hydroxyl groups is 1. The zero-order valence-corrected chi connectivity index (χ0v) is 9.15. The average Bonchev–Trinajstić information content (AvgIpc) is 2.28. The van der Waals surface area contributed by atoms with Crippen LogP contribution in [0.5, 0.6) is 0 Å². The van der Waals surface area contributed by atoms with Gasteiger partial charge in [0.1, 0.15) is 6.61 Å². The van der Waals surface area contributed by atoms with Crippen LogP contribution in [0.3, 0.4) is 0 Å². The molecule has 4 heteroatoms. The Hall–Kier alpha value is -1.42. The first-order valence-corrected chi connectivity index (χ1v) is 5.03. The standard InChI is InChI=1S/C12H15FO3/c1-10(15)16-9-12(13,8-14)7-11-5-3-2-4-6-11/h2-6,14H,7-9H2,1H3/t12-/m0/s1. The summed E-state index contributed by atoms with van der Waals surface area (Å²) in [6.07, 6.45) is 0.0254. The highest BCUT2D eigenvalue weighted by molar-refractivity contribution is 5.65. The lowest BCUT2D eigenvalue weighted by atomic mass is 9.98. The lowest BCUT2D eigenvalue weighted by molar-refractivity contribution is -0.146. The minimum Gasteiger partial charge on any atom is -0.462 e. The number of benzene rings is 1. The normalized spacial score (nSPS) is 14.2. The molecule has 1 aromatic rings. The number of hydrogen-bond acceptors (Lipinski definition) is 3. The lowest BCUT2D eigenvalue weighted by Crippen LogP contribution is -2.37. The molecule has 1 aromatic carbocycles. The van der Waals surface area contributed by atoms with Crippen molar-refractivity contribution in [2.75, 3.05) is 13.2 Å². The number of halogens is 1. The maximum Gasteiger partial charge on any atom is 0.302 e. The van der Waals surface area contributed by atoms with Gasteiger partial charge in [0.25, 0.3) is 0 Å². The fourth-order valence-electron chi connectivity index (χ4n) is 1.35. The smallest absolute Gasteiger partial charge is 0.302 e. The van der Waals surface area contributed by atoms with Gasteiger partial charge in [-0.25, -0.2) is 4.39 Å². The zero-order valence-electron chi connectivity index (χ0n) is 9.15. The molecule has 0 spiro atoms. The Morgan fingerprint density at radius 2 is 2.06 bits per heavy atom. The minimum absolute atomic E-state index is 0.0254. The van der Waals surface area contributed by atoms with Crippen molar-refractivity contribution in [2.45, 2.75) is 19.0 Å². The number of carbonyl (C=O) groups excluding carboxylic acids is 1. The summed E-state index contributed by atoms with van der Waals surface area (Å²) in [5, 5.41) is 8.99. The fourth-order valence-corrected chi connectivity index (χ4v) is 1.35. The predicted molar refractivity (Wildman–Crippen MR) is 57.7 cm³/mol. The fraction of sp³-hybridized carbons (Fsp3) is 0.417. The summed E-state index contributed by atoms with van der Waals surface area (Å²) >= 11 is 0. The monoisotopic (exact) mass is 226 g/mol. The number of rotatable bonds is 5. The van der Waals surface area contributed by atoms with E-state index in [9.17, 15) is 9.18 Å². The highest BCUT2D eigenvalue weighted by Crippen LogP contribution is 2.18. The molecule has 0 unspecified atom stereocenters. The number of carbonyl (C=O) groups is 1. The Balaban J connectivity index is 2.62. The molecule has 0 saturated carbocycles. The van der Waals surface area contributed by atoms with E-state index in [0.717, 1.165) is 5.56 Å². The summed E-state index contributed by atoms with van der Waals surface area (Å²) in [4.78, 5) is 10.6. The third kappa shape index (κ3) is 3.98. The van der Waals surface area contributed by atoms with Gasteiger partial charge in [-0.05, 0) is 5.56 Å². The first kappa shape index (κ1) is 12.6. The van der Waals surface area contributed by atoms with Crippen molar-refractivity contribution >= 4 is 5.97 Å². The van der Waals surface area contributed by atoms with Crippen LogP contribution in [0.1, 0.15) is 12.5 Å². The largest absolute Gasteiger partial charge is 0.462 e. The Kier molecular flexibility index (Phi) is 4.43. The molecule has 0 radical (unpaired) electrons. The highest BCUT2D eigenvalue weighted by Gasteiger charge is 2.30. The molecule has 1 atom stereocenters. The Labute approximate surface area is 93.9 Å². The van der Waals surface area contributed by atoms with Crippen molar-refractivity contribution in [3.8, 4) is 0 Å². The minimum atomic E-state index is -1.91. The van der Waals surface area contributed by atoms with E-state index in [1.165, 1.54) is 6.92 Å². The summed E-state index contributed by atoms with van der Waals surface area (Å²) in [6, 6.07) is 8.93. The van der Waals surface area contributed by atoms with Crippen LogP contribution in [-0.4, -0.2) is 30.0 Å². The van der Waals surface area contributed by atoms with E-state index in [0.29, 0.717) is 0 Å². The molecule has 0 aromatic heterocycles. The summed E-state index contributed by atoms with van der Waals surface area (Å²) in [7, 11) is 0. The van der Waals surface area contributed by atoms with Crippen LogP contribution in [0.4, 0.5) is 4.39 Å². The van der Waals surface area contributed by atoms with Crippen LogP contribution < -0.4 is 0 Å². The second-order valence-electron chi connectivity index (χ2n) is 3.75. The van der Waals surface area contributed by atoms with Crippen molar-refractivity contribution in [1.82, 2.24) is 0 Å². The van der Waals surface area contributed by atoms with Crippen LogP contribution >= 0.6 is 0 Å². The Morgan fingerprint density at radius 1 is 1.44 bits per heavy atom. The first-order chi connectivity index (χ1) is 7.56.